The van der Waals surface area contributed by atoms with E-state index in [-0.39, 0.29) is 5.91 Å². The van der Waals surface area contributed by atoms with Gasteiger partial charge in [0.1, 0.15) is 0 Å². The Morgan fingerprint density at radius 3 is 2.50 bits per heavy atom. The second-order valence-corrected chi connectivity index (χ2v) is 6.59. The summed E-state index contributed by atoms with van der Waals surface area (Å²) < 4.78 is 5.50. The molecule has 0 unspecified atom stereocenters. The fourth-order valence-corrected chi connectivity index (χ4v) is 3.30. The molecule has 0 aliphatic carbocycles. The van der Waals surface area contributed by atoms with Crippen molar-refractivity contribution >= 4 is 29.3 Å². The highest BCUT2D eigenvalue weighted by Crippen LogP contribution is 2.23. The molecule has 24 heavy (non-hydrogen) atoms. The molecular weight excluding hydrogens is 322 g/mol. The van der Waals surface area contributed by atoms with Crippen molar-refractivity contribution in [3.8, 4) is 0 Å². The molecule has 1 fully saturated rings. The summed E-state index contributed by atoms with van der Waals surface area (Å²) in [5.74, 6) is -0.652. The maximum absolute atomic E-state index is 12.7. The smallest absolute Gasteiger partial charge is 0.331 e. The molecule has 1 aliphatic rings. The highest BCUT2D eigenvalue weighted by Gasteiger charge is 2.30. The zero-order valence-corrected chi connectivity index (χ0v) is 14.1. The maximum atomic E-state index is 12.7. The van der Waals surface area contributed by atoms with E-state index in [0.29, 0.717) is 5.56 Å². The molecule has 1 atom stereocenters. The van der Waals surface area contributed by atoms with Crippen LogP contribution in [0.15, 0.2) is 53.9 Å². The number of benzene rings is 1. The lowest BCUT2D eigenvalue weighted by Crippen LogP contribution is -2.34. The number of nitrogens with zero attached hydrogens (tertiary/aromatic N) is 1. The first kappa shape index (κ1) is 16.5. The van der Waals surface area contributed by atoms with Gasteiger partial charge in [0, 0.05) is 29.6 Å². The van der Waals surface area contributed by atoms with Gasteiger partial charge >= 0.3 is 5.97 Å². The van der Waals surface area contributed by atoms with Crippen LogP contribution in [0.4, 0.5) is 0 Å². The Kier molecular flexibility index (Phi) is 5.43. The van der Waals surface area contributed by atoms with Crippen LogP contribution in [0.3, 0.4) is 0 Å². The van der Waals surface area contributed by atoms with Gasteiger partial charge in [-0.15, -0.1) is 11.3 Å². The van der Waals surface area contributed by atoms with Crippen molar-refractivity contribution in [1.82, 2.24) is 4.90 Å². The normalized spacial score (nSPS) is 15.6. The summed E-state index contributed by atoms with van der Waals surface area (Å²) in [6.45, 7) is 1.45. The second kappa shape index (κ2) is 7.93. The average Bonchev–Trinajstić information content (AvgIpc) is 3.31. The zero-order valence-electron chi connectivity index (χ0n) is 13.3. The monoisotopic (exact) mass is 341 g/mol. The van der Waals surface area contributed by atoms with Gasteiger partial charge in [0.2, 0.25) is 6.10 Å². The zero-order chi connectivity index (χ0) is 16.8. The van der Waals surface area contributed by atoms with Crippen LogP contribution in [0.2, 0.25) is 0 Å². The lowest BCUT2D eigenvalue weighted by Gasteiger charge is -2.23. The number of ether oxygens (including phenoxy) is 1. The molecule has 1 saturated heterocycles. The topological polar surface area (TPSA) is 46.6 Å². The SMILES string of the molecule is O=C(/C=C/c1cccs1)O[C@@H](C(=O)N1CCCC1)c1ccccc1. The number of thiophene rings is 1. The van der Waals surface area contributed by atoms with E-state index in [4.69, 9.17) is 4.74 Å². The van der Waals surface area contributed by atoms with E-state index in [0.717, 1.165) is 30.8 Å². The number of rotatable bonds is 5. The van der Waals surface area contributed by atoms with Gasteiger partial charge in [-0.3, -0.25) is 4.79 Å². The van der Waals surface area contributed by atoms with Crippen LogP contribution in [0.25, 0.3) is 6.08 Å². The quantitative estimate of drug-likeness (QED) is 0.616. The Morgan fingerprint density at radius 2 is 1.83 bits per heavy atom. The van der Waals surface area contributed by atoms with Gasteiger partial charge in [0.15, 0.2) is 0 Å². The predicted octanol–water partition coefficient (Wildman–Crippen LogP) is 3.67. The Morgan fingerprint density at radius 1 is 1.08 bits per heavy atom. The standard InChI is InChI=1S/C19H19NO3S/c21-17(11-10-16-9-6-14-24-16)23-18(15-7-2-1-3-8-15)19(22)20-12-4-5-13-20/h1-3,6-11,14,18H,4-5,12-13H2/b11-10+/t18-/m1/s1. The summed E-state index contributed by atoms with van der Waals surface area (Å²) in [6, 6.07) is 13.0. The van der Waals surface area contributed by atoms with Gasteiger partial charge in [-0.25, -0.2) is 4.79 Å². The number of carbonyl (C=O) groups excluding carboxylic acids is 2. The number of carbonyl (C=O) groups is 2. The minimum Gasteiger partial charge on any atom is -0.444 e. The molecule has 1 amide bonds. The van der Waals surface area contributed by atoms with Gasteiger partial charge < -0.3 is 9.64 Å². The highest BCUT2D eigenvalue weighted by molar-refractivity contribution is 7.10. The van der Waals surface area contributed by atoms with Crippen molar-refractivity contribution in [3.63, 3.8) is 0 Å². The van der Waals surface area contributed by atoms with Crippen LogP contribution in [0.5, 0.6) is 0 Å². The summed E-state index contributed by atoms with van der Waals surface area (Å²) in [7, 11) is 0. The average molecular weight is 341 g/mol. The molecule has 0 bridgehead atoms. The Hall–Kier alpha value is -2.40. The Balaban J connectivity index is 1.74. The van der Waals surface area contributed by atoms with Gasteiger partial charge in [-0.2, -0.15) is 0 Å². The molecule has 3 rings (SSSR count). The van der Waals surface area contributed by atoms with Crippen molar-refractivity contribution in [1.29, 1.82) is 0 Å². The minimum atomic E-state index is -0.884. The van der Waals surface area contributed by atoms with E-state index in [1.165, 1.54) is 17.4 Å². The third kappa shape index (κ3) is 4.11. The lowest BCUT2D eigenvalue weighted by molar-refractivity contribution is -0.156. The Bertz CT molecular complexity index is 703. The van der Waals surface area contributed by atoms with E-state index in [9.17, 15) is 9.59 Å². The molecule has 1 aromatic carbocycles. The van der Waals surface area contributed by atoms with Gasteiger partial charge in [0.25, 0.3) is 5.91 Å². The van der Waals surface area contributed by atoms with E-state index >= 15 is 0 Å². The largest absolute Gasteiger partial charge is 0.444 e. The van der Waals surface area contributed by atoms with Crippen LogP contribution < -0.4 is 0 Å². The third-order valence-corrected chi connectivity index (χ3v) is 4.74. The molecular formula is C19H19NO3S. The number of hydrogen-bond donors (Lipinski definition) is 0. The third-order valence-electron chi connectivity index (χ3n) is 3.91. The van der Waals surface area contributed by atoms with Crippen molar-refractivity contribution in [3.05, 3.63) is 64.4 Å². The van der Waals surface area contributed by atoms with E-state index < -0.39 is 12.1 Å². The molecule has 0 spiro atoms. The number of esters is 1. The van der Waals surface area contributed by atoms with Crippen molar-refractivity contribution < 1.29 is 14.3 Å². The Labute approximate surface area is 145 Å². The maximum Gasteiger partial charge on any atom is 0.331 e. The molecule has 124 valence electrons. The molecule has 1 aromatic heterocycles. The first-order valence-corrected chi connectivity index (χ1v) is 8.88. The summed E-state index contributed by atoms with van der Waals surface area (Å²) in [5, 5.41) is 1.94. The molecule has 2 heterocycles. The highest BCUT2D eigenvalue weighted by atomic mass is 32.1. The van der Waals surface area contributed by atoms with Crippen molar-refractivity contribution in [2.75, 3.05) is 13.1 Å². The molecule has 0 saturated carbocycles. The van der Waals surface area contributed by atoms with Crippen molar-refractivity contribution in [2.45, 2.75) is 18.9 Å². The van der Waals surface area contributed by atoms with Gasteiger partial charge in [-0.1, -0.05) is 36.4 Å². The number of likely N-dealkylation sites (tertiary alicyclic amines) is 1. The first-order valence-electron chi connectivity index (χ1n) is 8.00. The van der Waals surface area contributed by atoms with Crippen LogP contribution in [-0.4, -0.2) is 29.9 Å². The second-order valence-electron chi connectivity index (χ2n) is 5.61. The van der Waals surface area contributed by atoms with Gasteiger partial charge in [-0.05, 0) is 30.4 Å². The first-order chi connectivity index (χ1) is 11.7. The molecule has 0 radical (unpaired) electrons. The van der Waals surface area contributed by atoms with E-state index in [2.05, 4.69) is 0 Å². The van der Waals surface area contributed by atoms with Crippen LogP contribution in [0, 0.1) is 0 Å². The molecule has 0 N–H and O–H groups in total. The molecule has 4 nitrogen and oxygen atoms in total. The summed E-state index contributed by atoms with van der Waals surface area (Å²) in [6.07, 6.45) is 4.19. The van der Waals surface area contributed by atoms with Crippen LogP contribution in [0.1, 0.15) is 29.4 Å². The predicted molar refractivity (Wildman–Crippen MR) is 94.4 cm³/mol. The molecule has 5 heteroatoms. The minimum absolute atomic E-state index is 0.142. The van der Waals surface area contributed by atoms with E-state index in [1.807, 2.05) is 47.8 Å². The summed E-state index contributed by atoms with van der Waals surface area (Å²) in [4.78, 5) is 27.6. The number of amides is 1. The van der Waals surface area contributed by atoms with Crippen LogP contribution in [-0.2, 0) is 14.3 Å². The lowest BCUT2D eigenvalue weighted by atomic mass is 10.1. The fraction of sp³-hybridized carbons (Fsp3) is 0.263. The van der Waals surface area contributed by atoms with Gasteiger partial charge in [0.05, 0.1) is 0 Å². The summed E-state index contributed by atoms with van der Waals surface area (Å²) >= 11 is 1.54. The number of hydrogen-bond acceptors (Lipinski definition) is 4. The fourth-order valence-electron chi connectivity index (χ4n) is 2.68. The molecule has 2 aromatic rings. The van der Waals surface area contributed by atoms with Crippen LogP contribution >= 0.6 is 11.3 Å². The molecule has 1 aliphatic heterocycles. The van der Waals surface area contributed by atoms with E-state index in [1.54, 1.807) is 11.0 Å². The van der Waals surface area contributed by atoms with Crippen molar-refractivity contribution in [2.24, 2.45) is 0 Å². The summed E-state index contributed by atoms with van der Waals surface area (Å²) in [5.41, 5.74) is 0.701.